The zero-order valence-electron chi connectivity index (χ0n) is 13.3. The molecule has 0 amide bonds. The topological polar surface area (TPSA) is 0 Å². The van der Waals surface area contributed by atoms with Gasteiger partial charge in [-0.25, -0.2) is 0 Å². The van der Waals surface area contributed by atoms with Gasteiger partial charge in [0.15, 0.2) is 9.79 Å². The van der Waals surface area contributed by atoms with Gasteiger partial charge in [-0.3, -0.25) is 0 Å². The summed E-state index contributed by atoms with van der Waals surface area (Å²) in [5.74, 6) is 0. The minimum absolute atomic E-state index is 1.08. The quantitative estimate of drug-likeness (QED) is 0.369. The van der Waals surface area contributed by atoms with E-state index in [1.807, 2.05) is 19.1 Å². The van der Waals surface area contributed by atoms with E-state index in [1.165, 1.54) is 32.7 Å². The maximum atomic E-state index is 3.96. The van der Waals surface area contributed by atoms with Crippen LogP contribution in [-0.4, -0.2) is 0 Å². The molecule has 22 heavy (non-hydrogen) atoms. The molecule has 0 spiro atoms. The van der Waals surface area contributed by atoms with E-state index < -0.39 is 0 Å². The monoisotopic (exact) mass is 307 g/mol. The second-order valence-corrected chi connectivity index (χ2v) is 6.22. The first-order valence-corrected chi connectivity index (χ1v) is 8.53. The van der Waals surface area contributed by atoms with Crippen LogP contribution < -0.4 is 0 Å². The zero-order valence-corrected chi connectivity index (χ0v) is 14.2. The van der Waals surface area contributed by atoms with Crippen LogP contribution in [0.15, 0.2) is 89.2 Å². The van der Waals surface area contributed by atoms with Gasteiger partial charge in [0, 0.05) is 17.3 Å². The van der Waals surface area contributed by atoms with E-state index >= 15 is 0 Å². The lowest BCUT2D eigenvalue weighted by Crippen LogP contribution is -1.92. The van der Waals surface area contributed by atoms with Gasteiger partial charge in [0.25, 0.3) is 0 Å². The highest BCUT2D eigenvalue weighted by Crippen LogP contribution is 2.24. The Morgan fingerprint density at radius 1 is 1.09 bits per heavy atom. The van der Waals surface area contributed by atoms with Gasteiger partial charge in [-0.05, 0) is 48.7 Å². The number of hydrogen-bond donors (Lipinski definition) is 0. The van der Waals surface area contributed by atoms with Gasteiger partial charge in [0.05, 0.1) is 0 Å². The third-order valence-electron chi connectivity index (χ3n) is 3.50. The minimum Gasteiger partial charge on any atom is -0.0984 e. The van der Waals surface area contributed by atoms with Crippen LogP contribution in [0.3, 0.4) is 0 Å². The van der Waals surface area contributed by atoms with Crippen molar-refractivity contribution in [3.8, 4) is 0 Å². The Balaban J connectivity index is 2.33. The Hall–Kier alpha value is -1.99. The maximum absolute atomic E-state index is 3.96. The summed E-state index contributed by atoms with van der Waals surface area (Å²) in [6, 6.07) is 17.4. The molecule has 0 aliphatic heterocycles. The summed E-state index contributed by atoms with van der Waals surface area (Å²) in [7, 11) is 0. The molecule has 2 aromatic rings. The van der Waals surface area contributed by atoms with Crippen LogP contribution in [0, 0.1) is 0 Å². The van der Waals surface area contributed by atoms with Crippen molar-refractivity contribution in [2.24, 2.45) is 0 Å². The fourth-order valence-electron chi connectivity index (χ4n) is 2.23. The summed E-state index contributed by atoms with van der Waals surface area (Å²) >= 11 is 1.23. The van der Waals surface area contributed by atoms with Gasteiger partial charge in [0.1, 0.15) is 0 Å². The van der Waals surface area contributed by atoms with Gasteiger partial charge < -0.3 is 0 Å². The highest BCUT2D eigenvalue weighted by atomic mass is 32.2. The normalized spacial score (nSPS) is 11.8. The Bertz CT molecular complexity index is 675. The van der Waals surface area contributed by atoms with E-state index in [4.69, 9.17) is 0 Å². The fraction of sp³-hybridized carbons (Fsp3) is 0.143. The number of allylic oxidation sites excluding steroid dienone is 5. The average molecular weight is 307 g/mol. The molecular formula is C21H23S+. The standard InChI is InChI=1S/C21H22S/c1-4-7-10-18(6-3)20-11-8-9-12-21(20)22-19-15-13-17(5-2)14-16-19/h4,6-16H,3,5H2,1-2H3/p+1/b7-4-,18-10+. The van der Waals surface area contributed by atoms with Crippen LogP contribution in [0.4, 0.5) is 0 Å². The third kappa shape index (κ3) is 4.25. The molecule has 0 radical (unpaired) electrons. The molecule has 0 atom stereocenters. The Morgan fingerprint density at radius 2 is 1.82 bits per heavy atom. The summed E-state index contributed by atoms with van der Waals surface area (Å²) in [6.45, 7) is 8.17. The SMILES string of the molecule is C=C/C(=C\C=C/C)c1ccccc1[SH+]c1ccc(CC)cc1. The summed E-state index contributed by atoms with van der Waals surface area (Å²) in [5, 5.41) is 0. The Morgan fingerprint density at radius 3 is 2.45 bits per heavy atom. The fourth-order valence-corrected chi connectivity index (χ4v) is 3.29. The van der Waals surface area contributed by atoms with Gasteiger partial charge in [-0.1, -0.05) is 62.1 Å². The largest absolute Gasteiger partial charge is 0.166 e. The van der Waals surface area contributed by atoms with E-state index in [9.17, 15) is 0 Å². The number of hydrogen-bond acceptors (Lipinski definition) is 0. The molecule has 2 aromatic carbocycles. The second kappa shape index (κ2) is 8.45. The zero-order chi connectivity index (χ0) is 15.8. The lowest BCUT2D eigenvalue weighted by molar-refractivity contribution is 1.13. The molecule has 0 heterocycles. The Kier molecular flexibility index (Phi) is 6.29. The molecule has 112 valence electrons. The summed E-state index contributed by atoms with van der Waals surface area (Å²) in [6.07, 6.45) is 9.21. The number of thiol groups is 1. The van der Waals surface area contributed by atoms with Crippen molar-refractivity contribution in [1.82, 2.24) is 0 Å². The predicted octanol–water partition coefficient (Wildman–Crippen LogP) is 5.63. The van der Waals surface area contributed by atoms with Gasteiger partial charge in [0.2, 0.25) is 0 Å². The van der Waals surface area contributed by atoms with Crippen LogP contribution >= 0.6 is 0 Å². The first kappa shape index (κ1) is 16.4. The molecule has 0 unspecified atom stereocenters. The lowest BCUT2D eigenvalue weighted by atomic mass is 10.1. The second-order valence-electron chi connectivity index (χ2n) is 5.00. The van der Waals surface area contributed by atoms with Gasteiger partial charge in [-0.15, -0.1) is 0 Å². The molecule has 1 heteroatoms. The molecule has 0 nitrogen and oxygen atoms in total. The molecule has 0 bridgehead atoms. The van der Waals surface area contributed by atoms with Gasteiger partial charge in [-0.2, -0.15) is 0 Å². The first-order chi connectivity index (χ1) is 10.8. The van der Waals surface area contributed by atoms with Crippen molar-refractivity contribution in [2.45, 2.75) is 30.1 Å². The highest BCUT2D eigenvalue weighted by Gasteiger charge is 2.13. The number of aryl methyl sites for hydroxylation is 1. The summed E-state index contributed by atoms with van der Waals surface area (Å²) in [5.41, 5.74) is 3.79. The van der Waals surface area contributed by atoms with E-state index in [0.717, 1.165) is 12.0 Å². The molecular weight excluding hydrogens is 284 g/mol. The van der Waals surface area contributed by atoms with Crippen LogP contribution in [0.2, 0.25) is 0 Å². The van der Waals surface area contributed by atoms with Crippen LogP contribution in [0.1, 0.15) is 25.0 Å². The van der Waals surface area contributed by atoms with E-state index in [-0.39, 0.29) is 0 Å². The maximum Gasteiger partial charge on any atom is 0.166 e. The van der Waals surface area contributed by atoms with Crippen molar-refractivity contribution < 1.29 is 0 Å². The molecule has 0 saturated carbocycles. The summed E-state index contributed by atoms with van der Waals surface area (Å²) < 4.78 is 0. The van der Waals surface area contributed by atoms with Crippen molar-refractivity contribution in [3.63, 3.8) is 0 Å². The van der Waals surface area contributed by atoms with E-state index in [1.54, 1.807) is 0 Å². The van der Waals surface area contributed by atoms with Crippen LogP contribution in [-0.2, 0) is 18.2 Å². The number of rotatable bonds is 6. The molecule has 0 aliphatic rings. The number of benzene rings is 2. The van der Waals surface area contributed by atoms with Gasteiger partial charge >= 0.3 is 0 Å². The lowest BCUT2D eigenvalue weighted by Gasteiger charge is -2.04. The molecule has 0 saturated heterocycles. The highest BCUT2D eigenvalue weighted by molar-refractivity contribution is 7.78. The van der Waals surface area contributed by atoms with Crippen molar-refractivity contribution >= 4 is 17.3 Å². The third-order valence-corrected chi connectivity index (χ3v) is 4.68. The molecule has 0 N–H and O–H groups in total. The summed E-state index contributed by atoms with van der Waals surface area (Å²) in [4.78, 5) is 2.63. The minimum atomic E-state index is 1.08. The van der Waals surface area contributed by atoms with Crippen LogP contribution in [0.5, 0.6) is 0 Å². The molecule has 0 fully saturated rings. The average Bonchev–Trinajstić information content (AvgIpc) is 2.57. The molecule has 0 aliphatic carbocycles. The van der Waals surface area contributed by atoms with E-state index in [2.05, 4.69) is 74.2 Å². The smallest absolute Gasteiger partial charge is 0.0984 e. The van der Waals surface area contributed by atoms with Crippen molar-refractivity contribution in [3.05, 3.63) is 90.5 Å². The first-order valence-electron chi connectivity index (χ1n) is 7.64. The van der Waals surface area contributed by atoms with E-state index in [0.29, 0.717) is 0 Å². The Labute approximate surface area is 138 Å². The molecule has 0 aromatic heterocycles. The predicted molar refractivity (Wildman–Crippen MR) is 101 cm³/mol. The molecule has 2 rings (SSSR count). The van der Waals surface area contributed by atoms with Crippen molar-refractivity contribution in [1.29, 1.82) is 0 Å². The van der Waals surface area contributed by atoms with Crippen LogP contribution in [0.25, 0.3) is 5.57 Å². The van der Waals surface area contributed by atoms with Crippen molar-refractivity contribution in [2.75, 3.05) is 0 Å².